The van der Waals surface area contributed by atoms with E-state index in [1.807, 2.05) is 52.8 Å². The highest BCUT2D eigenvalue weighted by molar-refractivity contribution is 6.34. The van der Waals surface area contributed by atoms with E-state index in [1.54, 1.807) is 24.3 Å². The highest BCUT2D eigenvalue weighted by atomic mass is 35.5. The second-order valence-corrected chi connectivity index (χ2v) is 11.9. The third kappa shape index (κ3) is 6.34. The zero-order valence-electron chi connectivity index (χ0n) is 22.3. The van der Waals surface area contributed by atoms with E-state index in [1.165, 1.54) is 6.07 Å². The standard InChI is InChI=1S/C29H30Cl2N4O4/c1-28(2,3)26(36)34-22-14-29(4,5)39-25-20(22)13-19(15-6-9-17(30)10-7-15)23(35-25)18-11-8-16(12-21(18)31)24(32)38-27(33)37/h6-13,22,32H,14H2,1-5H3,(H2,33,37)(H,34,36). The minimum atomic E-state index is -1.09. The Hall–Kier alpha value is -3.62. The number of hydrogen-bond acceptors (Lipinski definition) is 6. The average molecular weight is 569 g/mol. The monoisotopic (exact) mass is 568 g/mol. The Balaban J connectivity index is 1.89. The maximum Gasteiger partial charge on any atom is 0.411 e. The number of primary amides is 1. The summed E-state index contributed by atoms with van der Waals surface area (Å²) in [6, 6.07) is 13.8. The van der Waals surface area contributed by atoms with Gasteiger partial charge in [-0.15, -0.1) is 0 Å². The van der Waals surface area contributed by atoms with Gasteiger partial charge in [0, 0.05) is 39.1 Å². The van der Waals surface area contributed by atoms with E-state index < -0.39 is 23.0 Å². The van der Waals surface area contributed by atoms with Gasteiger partial charge in [0.15, 0.2) is 0 Å². The predicted molar refractivity (Wildman–Crippen MR) is 152 cm³/mol. The van der Waals surface area contributed by atoms with Crippen molar-refractivity contribution in [2.45, 2.75) is 52.7 Å². The Morgan fingerprint density at radius 3 is 2.36 bits per heavy atom. The van der Waals surface area contributed by atoms with Gasteiger partial charge < -0.3 is 20.5 Å². The van der Waals surface area contributed by atoms with Crippen LogP contribution in [0.2, 0.25) is 10.0 Å². The molecular weight excluding hydrogens is 539 g/mol. The molecule has 4 N–H and O–H groups in total. The van der Waals surface area contributed by atoms with Crippen molar-refractivity contribution in [1.29, 1.82) is 5.41 Å². The summed E-state index contributed by atoms with van der Waals surface area (Å²) in [5.41, 5.74) is 7.60. The minimum absolute atomic E-state index is 0.0764. The lowest BCUT2D eigenvalue weighted by Gasteiger charge is -2.38. The molecule has 1 unspecified atom stereocenters. The number of nitrogens with one attached hydrogen (secondary N) is 2. The van der Waals surface area contributed by atoms with E-state index in [0.29, 0.717) is 28.6 Å². The van der Waals surface area contributed by atoms with Gasteiger partial charge in [-0.3, -0.25) is 10.2 Å². The van der Waals surface area contributed by atoms with Crippen molar-refractivity contribution in [3.8, 4) is 28.3 Å². The average Bonchev–Trinajstić information content (AvgIpc) is 2.82. The Labute approximate surface area is 237 Å². The summed E-state index contributed by atoms with van der Waals surface area (Å²) in [5, 5.41) is 12.0. The summed E-state index contributed by atoms with van der Waals surface area (Å²) in [6.45, 7) is 9.51. The lowest BCUT2D eigenvalue weighted by Crippen LogP contribution is -2.44. The van der Waals surface area contributed by atoms with E-state index in [9.17, 15) is 9.59 Å². The molecule has 1 aromatic heterocycles. The van der Waals surface area contributed by atoms with Gasteiger partial charge in [0.05, 0.1) is 16.8 Å². The van der Waals surface area contributed by atoms with Crippen molar-refractivity contribution in [1.82, 2.24) is 10.3 Å². The number of ether oxygens (including phenoxy) is 2. The van der Waals surface area contributed by atoms with Gasteiger partial charge in [0.2, 0.25) is 17.7 Å². The van der Waals surface area contributed by atoms with Crippen molar-refractivity contribution in [2.24, 2.45) is 11.1 Å². The van der Waals surface area contributed by atoms with Crippen LogP contribution in [0.15, 0.2) is 48.5 Å². The molecule has 1 aliphatic rings. The number of fused-ring (bicyclic) bond motifs is 1. The van der Waals surface area contributed by atoms with Gasteiger partial charge in [0.25, 0.3) is 0 Å². The summed E-state index contributed by atoms with van der Waals surface area (Å²) >= 11 is 12.9. The number of carbonyl (C=O) groups excluding carboxylic acids is 2. The lowest BCUT2D eigenvalue weighted by molar-refractivity contribution is -0.129. The molecule has 2 amide bonds. The number of nitrogens with zero attached hydrogens (tertiary/aromatic N) is 1. The van der Waals surface area contributed by atoms with Crippen LogP contribution in [-0.2, 0) is 9.53 Å². The SMILES string of the molecule is CC1(C)CC(NC(=O)C(C)(C)C)c2cc(-c3ccc(Cl)cc3)c(-c3ccc(C(=N)OC(N)=O)cc3Cl)nc2O1. The van der Waals surface area contributed by atoms with E-state index in [2.05, 4.69) is 10.1 Å². The van der Waals surface area contributed by atoms with Crippen molar-refractivity contribution >= 4 is 41.1 Å². The van der Waals surface area contributed by atoms with Crippen LogP contribution in [0.25, 0.3) is 22.4 Å². The minimum Gasteiger partial charge on any atom is -0.471 e. The first-order valence-corrected chi connectivity index (χ1v) is 13.1. The maximum atomic E-state index is 13.0. The molecule has 0 saturated carbocycles. The number of hydrogen-bond donors (Lipinski definition) is 3. The molecule has 3 aromatic rings. The van der Waals surface area contributed by atoms with E-state index >= 15 is 0 Å². The van der Waals surface area contributed by atoms with Crippen molar-refractivity contribution in [3.63, 3.8) is 0 Å². The van der Waals surface area contributed by atoms with Gasteiger partial charge in [0.1, 0.15) is 5.60 Å². The summed E-state index contributed by atoms with van der Waals surface area (Å²) in [4.78, 5) is 29.0. The van der Waals surface area contributed by atoms with Crippen LogP contribution in [-0.4, -0.2) is 28.5 Å². The predicted octanol–water partition coefficient (Wildman–Crippen LogP) is 6.91. The van der Waals surface area contributed by atoms with Crippen molar-refractivity contribution in [2.75, 3.05) is 0 Å². The van der Waals surface area contributed by atoms with E-state index in [4.69, 9.17) is 44.1 Å². The van der Waals surface area contributed by atoms with Crippen LogP contribution in [0, 0.1) is 10.8 Å². The van der Waals surface area contributed by atoms with Crippen LogP contribution < -0.4 is 15.8 Å². The molecule has 0 bridgehead atoms. The van der Waals surface area contributed by atoms with E-state index in [-0.39, 0.29) is 22.5 Å². The fourth-order valence-electron chi connectivity index (χ4n) is 4.31. The number of benzene rings is 2. The van der Waals surface area contributed by atoms with Crippen LogP contribution in [0.5, 0.6) is 5.88 Å². The van der Waals surface area contributed by atoms with Crippen LogP contribution in [0.1, 0.15) is 58.2 Å². The van der Waals surface area contributed by atoms with Gasteiger partial charge in [-0.25, -0.2) is 9.78 Å². The Morgan fingerprint density at radius 1 is 1.10 bits per heavy atom. The molecule has 0 saturated heterocycles. The summed E-state index contributed by atoms with van der Waals surface area (Å²) in [6.07, 6.45) is -0.533. The largest absolute Gasteiger partial charge is 0.471 e. The summed E-state index contributed by atoms with van der Waals surface area (Å²) < 4.78 is 11.0. The first kappa shape index (κ1) is 28.4. The molecule has 0 radical (unpaired) electrons. The molecule has 0 spiro atoms. The number of rotatable bonds is 4. The van der Waals surface area contributed by atoms with Gasteiger partial charge in [-0.05, 0) is 49.7 Å². The number of aromatic nitrogens is 1. The normalized spacial score (nSPS) is 16.0. The second kappa shape index (κ2) is 10.5. The van der Waals surface area contributed by atoms with Crippen molar-refractivity contribution in [3.05, 3.63) is 69.7 Å². The highest BCUT2D eigenvalue weighted by Crippen LogP contribution is 2.45. The second-order valence-electron chi connectivity index (χ2n) is 11.1. The third-order valence-electron chi connectivity index (χ3n) is 6.29. The molecule has 1 atom stereocenters. The fraction of sp³-hybridized carbons (Fsp3) is 0.310. The Kier molecular flexibility index (Phi) is 7.65. The molecule has 2 aromatic carbocycles. The molecule has 1 aliphatic heterocycles. The molecular formula is C29H30Cl2N4O4. The number of pyridine rings is 1. The summed E-state index contributed by atoms with van der Waals surface area (Å²) in [7, 11) is 0. The van der Waals surface area contributed by atoms with E-state index in [0.717, 1.165) is 16.7 Å². The number of nitrogens with two attached hydrogens (primary N) is 1. The third-order valence-corrected chi connectivity index (χ3v) is 6.85. The molecule has 0 aliphatic carbocycles. The fourth-order valence-corrected chi connectivity index (χ4v) is 4.71. The maximum absolute atomic E-state index is 13.0. The number of amides is 2. The first-order chi connectivity index (χ1) is 18.1. The lowest BCUT2D eigenvalue weighted by atomic mass is 9.87. The molecule has 8 nitrogen and oxygen atoms in total. The highest BCUT2D eigenvalue weighted by Gasteiger charge is 2.38. The molecule has 2 heterocycles. The van der Waals surface area contributed by atoms with Gasteiger partial charge in [-0.1, -0.05) is 62.2 Å². The number of halogens is 2. The Morgan fingerprint density at radius 2 is 1.77 bits per heavy atom. The molecule has 10 heteroatoms. The molecule has 39 heavy (non-hydrogen) atoms. The first-order valence-electron chi connectivity index (χ1n) is 12.3. The van der Waals surface area contributed by atoms with Gasteiger partial charge >= 0.3 is 6.09 Å². The molecule has 4 rings (SSSR count). The van der Waals surface area contributed by atoms with Crippen LogP contribution >= 0.6 is 23.2 Å². The zero-order chi connectivity index (χ0) is 28.7. The van der Waals surface area contributed by atoms with Crippen LogP contribution in [0.3, 0.4) is 0 Å². The molecule has 0 fully saturated rings. The molecule has 204 valence electrons. The van der Waals surface area contributed by atoms with Crippen LogP contribution in [0.4, 0.5) is 4.79 Å². The van der Waals surface area contributed by atoms with Crippen molar-refractivity contribution < 1.29 is 19.1 Å². The smallest absolute Gasteiger partial charge is 0.411 e. The Bertz CT molecular complexity index is 1460. The summed E-state index contributed by atoms with van der Waals surface area (Å²) in [5.74, 6) is -0.106. The topological polar surface area (TPSA) is 127 Å². The number of carbonyl (C=O) groups is 2. The zero-order valence-corrected chi connectivity index (χ0v) is 23.8. The quantitative estimate of drug-likeness (QED) is 0.233. The van der Waals surface area contributed by atoms with Gasteiger partial charge in [-0.2, -0.15) is 0 Å².